The van der Waals surface area contributed by atoms with Gasteiger partial charge in [-0.3, -0.25) is 4.79 Å². The maximum Gasteiger partial charge on any atom is 0.416 e. The van der Waals surface area contributed by atoms with Crippen molar-refractivity contribution in [2.75, 3.05) is 19.3 Å². The van der Waals surface area contributed by atoms with Gasteiger partial charge in [0.1, 0.15) is 0 Å². The topological polar surface area (TPSA) is 94.9 Å². The summed E-state index contributed by atoms with van der Waals surface area (Å²) in [6.45, 7) is 4.05. The molecule has 11 heteroatoms. The molecule has 1 saturated carbocycles. The maximum atomic E-state index is 14.2. The SMILES string of the molecule is CC1=CCC[C@@]2(C)[C@@H](CC[C@@]2(O)CN(CCc2cccs2)S(C)(=O)=O)c2ccc(cc2C(=O)c2cccc(C(F)(F)F)c2)C[C@@H](O)CC1. The number of benzene rings is 2. The van der Waals surface area contributed by atoms with Crippen LogP contribution in [0.2, 0.25) is 0 Å². The van der Waals surface area contributed by atoms with E-state index in [0.717, 1.165) is 28.8 Å². The van der Waals surface area contributed by atoms with E-state index in [1.54, 1.807) is 17.4 Å². The maximum absolute atomic E-state index is 14.2. The molecule has 2 N–H and O–H groups in total. The lowest BCUT2D eigenvalue weighted by Gasteiger charge is -2.45. The third-order valence-corrected chi connectivity index (χ3v) is 12.6. The number of ketones is 1. The normalized spacial score (nSPS) is 25.5. The summed E-state index contributed by atoms with van der Waals surface area (Å²) in [5, 5.41) is 25.4. The van der Waals surface area contributed by atoms with E-state index in [1.165, 1.54) is 16.4 Å². The number of fused-ring (bicyclic) bond motifs is 8. The van der Waals surface area contributed by atoms with Crippen molar-refractivity contribution in [3.05, 3.63) is 104 Å². The van der Waals surface area contributed by atoms with Crippen molar-refractivity contribution >= 4 is 27.1 Å². The number of carbonyl (C=O) groups is 1. The van der Waals surface area contributed by atoms with Crippen molar-refractivity contribution in [2.45, 2.75) is 89.0 Å². The van der Waals surface area contributed by atoms with Crippen molar-refractivity contribution in [3.63, 3.8) is 0 Å². The van der Waals surface area contributed by atoms with Crippen LogP contribution in [0.4, 0.5) is 13.2 Å². The monoisotopic (exact) mass is 703 g/mol. The Morgan fingerprint density at radius 1 is 1.08 bits per heavy atom. The molecule has 3 aromatic rings. The Morgan fingerprint density at radius 2 is 1.85 bits per heavy atom. The van der Waals surface area contributed by atoms with Gasteiger partial charge < -0.3 is 10.2 Å². The van der Waals surface area contributed by atoms with E-state index < -0.39 is 50.6 Å². The molecular weight excluding hydrogens is 660 g/mol. The summed E-state index contributed by atoms with van der Waals surface area (Å²) < 4.78 is 68.5. The number of aliphatic hydroxyl groups is 2. The van der Waals surface area contributed by atoms with E-state index in [2.05, 4.69) is 6.08 Å². The van der Waals surface area contributed by atoms with Gasteiger partial charge in [-0.25, -0.2) is 8.42 Å². The second-order valence-electron chi connectivity index (χ2n) is 13.8. The number of alkyl halides is 3. The van der Waals surface area contributed by atoms with E-state index in [-0.39, 0.29) is 37.1 Å². The molecule has 1 heterocycles. The molecule has 1 aromatic heterocycles. The summed E-state index contributed by atoms with van der Waals surface area (Å²) in [5.41, 5.74) is -0.742. The predicted molar refractivity (Wildman–Crippen MR) is 183 cm³/mol. The molecular formula is C37H44F3NO5S2. The molecule has 0 aliphatic heterocycles. The average Bonchev–Trinajstić information content (AvgIpc) is 3.63. The molecule has 48 heavy (non-hydrogen) atoms. The average molecular weight is 704 g/mol. The van der Waals surface area contributed by atoms with Crippen LogP contribution in [0.15, 0.2) is 71.6 Å². The molecule has 0 saturated heterocycles. The summed E-state index contributed by atoms with van der Waals surface area (Å²) in [7, 11) is -3.70. The molecule has 4 atom stereocenters. The van der Waals surface area contributed by atoms with Crippen LogP contribution in [0.1, 0.15) is 95.8 Å². The van der Waals surface area contributed by atoms with Gasteiger partial charge in [-0.15, -0.1) is 11.3 Å². The molecule has 2 bridgehead atoms. The van der Waals surface area contributed by atoms with Crippen LogP contribution in [0.3, 0.4) is 0 Å². The lowest BCUT2D eigenvalue weighted by atomic mass is 9.64. The standard InChI is InChI=1S/C37H44F3NO5S2/c1-25-7-5-17-35(2)33(15-18-36(35,44)24-41(48(3,45)46)19-16-30-10-6-20-47-30)31-14-12-26(21-29(42)13-11-25)22-32(31)34(43)27-8-4-9-28(23-27)37(38,39)40/h4,6-10,12,14,20,22-23,29,33,42,44H,5,11,13,15-19,21,24H2,1-3H3/t29-,33-,35-,36+/m0/s1. The zero-order valence-corrected chi connectivity index (χ0v) is 29.2. The van der Waals surface area contributed by atoms with E-state index in [1.807, 2.05) is 43.5 Å². The molecule has 6 nitrogen and oxygen atoms in total. The van der Waals surface area contributed by atoms with Gasteiger partial charge in [0.15, 0.2) is 5.78 Å². The molecule has 3 aliphatic rings. The fourth-order valence-corrected chi connectivity index (χ4v) is 9.10. The second-order valence-corrected chi connectivity index (χ2v) is 16.8. The number of nitrogens with zero attached hydrogens (tertiary/aromatic N) is 1. The minimum atomic E-state index is -4.63. The summed E-state index contributed by atoms with van der Waals surface area (Å²) in [5.74, 6) is -0.969. The highest BCUT2D eigenvalue weighted by Gasteiger charge is 2.58. The van der Waals surface area contributed by atoms with E-state index in [0.29, 0.717) is 49.7 Å². The third kappa shape index (κ3) is 7.97. The molecule has 0 radical (unpaired) electrons. The van der Waals surface area contributed by atoms with Crippen LogP contribution in [0, 0.1) is 5.41 Å². The molecule has 6 rings (SSSR count). The fourth-order valence-electron chi connectivity index (χ4n) is 7.53. The van der Waals surface area contributed by atoms with Gasteiger partial charge in [0.05, 0.1) is 23.5 Å². The van der Waals surface area contributed by atoms with Crippen LogP contribution in [-0.4, -0.2) is 59.8 Å². The number of hydrogen-bond donors (Lipinski definition) is 2. The van der Waals surface area contributed by atoms with Gasteiger partial charge >= 0.3 is 6.18 Å². The van der Waals surface area contributed by atoms with Crippen molar-refractivity contribution in [1.82, 2.24) is 4.31 Å². The molecule has 0 spiro atoms. The summed E-state index contributed by atoms with van der Waals surface area (Å²) in [4.78, 5) is 15.2. The van der Waals surface area contributed by atoms with Crippen molar-refractivity contribution < 1.29 is 36.6 Å². The Bertz CT molecular complexity index is 1750. The van der Waals surface area contributed by atoms with Crippen molar-refractivity contribution in [3.8, 4) is 0 Å². The van der Waals surface area contributed by atoms with Crippen molar-refractivity contribution in [1.29, 1.82) is 0 Å². The second kappa shape index (κ2) is 14.2. The summed E-state index contributed by atoms with van der Waals surface area (Å²) in [6.07, 6.45) is 1.68. The summed E-state index contributed by atoms with van der Waals surface area (Å²) in [6, 6.07) is 13.6. The smallest absolute Gasteiger partial charge is 0.393 e. The molecule has 0 unspecified atom stereocenters. The third-order valence-electron chi connectivity index (χ3n) is 10.5. The highest BCUT2D eigenvalue weighted by Crippen LogP contribution is 2.59. The van der Waals surface area contributed by atoms with Gasteiger partial charge in [0.2, 0.25) is 10.0 Å². The number of allylic oxidation sites excluding steroid dienone is 2. The number of carbonyl (C=O) groups excluding carboxylic acids is 1. The highest BCUT2D eigenvalue weighted by atomic mass is 32.2. The van der Waals surface area contributed by atoms with Crippen LogP contribution >= 0.6 is 11.3 Å². The number of halogens is 3. The number of rotatable bonds is 8. The van der Waals surface area contributed by atoms with Gasteiger partial charge in [-0.2, -0.15) is 17.5 Å². The highest BCUT2D eigenvalue weighted by molar-refractivity contribution is 7.88. The first kappa shape index (κ1) is 36.5. The quantitative estimate of drug-likeness (QED) is 0.187. The first-order chi connectivity index (χ1) is 22.5. The zero-order valence-electron chi connectivity index (χ0n) is 27.6. The van der Waals surface area contributed by atoms with Gasteiger partial charge in [0.25, 0.3) is 0 Å². The van der Waals surface area contributed by atoms with Crippen LogP contribution in [0.25, 0.3) is 0 Å². The van der Waals surface area contributed by atoms with Crippen molar-refractivity contribution in [2.24, 2.45) is 5.41 Å². The van der Waals surface area contributed by atoms with Crippen LogP contribution in [0.5, 0.6) is 0 Å². The Balaban J connectivity index is 1.60. The summed E-state index contributed by atoms with van der Waals surface area (Å²) >= 11 is 1.54. The van der Waals surface area contributed by atoms with Gasteiger partial charge in [-0.1, -0.05) is 48.9 Å². The van der Waals surface area contributed by atoms with Gasteiger partial charge in [-0.05, 0) is 105 Å². The lowest BCUT2D eigenvalue weighted by molar-refractivity contribution is -0.137. The number of thiophene rings is 1. The molecule has 1 fully saturated rings. The number of hydrogen-bond acceptors (Lipinski definition) is 6. The Kier molecular flexibility index (Phi) is 10.8. The van der Waals surface area contributed by atoms with E-state index in [9.17, 15) is 36.6 Å². The molecule has 3 aliphatic carbocycles. The Morgan fingerprint density at radius 3 is 2.54 bits per heavy atom. The van der Waals surface area contributed by atoms with E-state index in [4.69, 9.17) is 0 Å². The fraction of sp³-hybridized carbons (Fsp3) is 0.486. The first-order valence-corrected chi connectivity index (χ1v) is 19.1. The lowest BCUT2D eigenvalue weighted by Crippen LogP contribution is -2.54. The van der Waals surface area contributed by atoms with Crippen LogP contribution < -0.4 is 0 Å². The zero-order chi connectivity index (χ0) is 34.9. The number of sulfonamides is 1. The minimum Gasteiger partial charge on any atom is -0.393 e. The predicted octanol–water partition coefficient (Wildman–Crippen LogP) is 7.54. The molecule has 0 amide bonds. The molecule has 2 aromatic carbocycles. The first-order valence-electron chi connectivity index (χ1n) is 16.4. The van der Waals surface area contributed by atoms with Gasteiger partial charge in [0, 0.05) is 34.5 Å². The minimum absolute atomic E-state index is 0.102. The molecule has 260 valence electrons. The van der Waals surface area contributed by atoms with E-state index >= 15 is 0 Å². The Hall–Kier alpha value is -2.83. The largest absolute Gasteiger partial charge is 0.416 e. The van der Waals surface area contributed by atoms with Crippen LogP contribution in [-0.2, 0) is 29.0 Å². The Labute approximate surface area is 285 Å². The number of aliphatic hydroxyl groups excluding tert-OH is 1.